The molecule has 2 atom stereocenters. The number of hydrogen-bond acceptors (Lipinski definition) is 5. The molecule has 1 aromatic heterocycles. The topological polar surface area (TPSA) is 81.5 Å². The van der Waals surface area contributed by atoms with Gasteiger partial charge in [-0.25, -0.2) is 0 Å². The van der Waals surface area contributed by atoms with Crippen molar-refractivity contribution in [1.82, 2.24) is 14.7 Å². The van der Waals surface area contributed by atoms with Crippen LogP contribution in [-0.4, -0.2) is 46.3 Å². The molecular formula is C20H25N3O4. The van der Waals surface area contributed by atoms with Crippen LogP contribution in [0.5, 0.6) is 0 Å². The molecule has 0 bridgehead atoms. The molecular weight excluding hydrogens is 346 g/mol. The monoisotopic (exact) mass is 371 g/mol. The van der Waals surface area contributed by atoms with Crippen LogP contribution < -0.4 is 5.43 Å². The first-order valence-electron chi connectivity index (χ1n) is 9.32. The van der Waals surface area contributed by atoms with Gasteiger partial charge in [0.25, 0.3) is 5.91 Å². The minimum atomic E-state index is -0.453. The normalized spacial score (nSPS) is 19.9. The third-order valence-corrected chi connectivity index (χ3v) is 4.87. The second kappa shape index (κ2) is 8.33. The van der Waals surface area contributed by atoms with E-state index in [1.54, 1.807) is 27.8 Å². The molecule has 7 heteroatoms. The number of ether oxygens (including phenoxy) is 1. The first-order valence-corrected chi connectivity index (χ1v) is 9.32. The number of rotatable bonds is 5. The zero-order chi connectivity index (χ0) is 19.4. The fourth-order valence-corrected chi connectivity index (χ4v) is 3.71. The number of aromatic nitrogens is 2. The average molecular weight is 371 g/mol. The number of benzene rings is 1. The summed E-state index contributed by atoms with van der Waals surface area (Å²) in [6.45, 7) is 5.75. The van der Waals surface area contributed by atoms with E-state index in [4.69, 9.17) is 4.74 Å². The summed E-state index contributed by atoms with van der Waals surface area (Å²) in [5.41, 5.74) is 0.519. The van der Waals surface area contributed by atoms with Crippen molar-refractivity contribution in [3.63, 3.8) is 0 Å². The molecule has 3 rings (SSSR count). The Morgan fingerprint density at radius 1 is 1.19 bits per heavy atom. The number of esters is 1. The fourth-order valence-electron chi connectivity index (χ4n) is 3.71. The Morgan fingerprint density at radius 2 is 1.89 bits per heavy atom. The number of carbonyl (C=O) groups is 2. The smallest absolute Gasteiger partial charge is 0.308 e. The molecule has 0 spiro atoms. The lowest BCUT2D eigenvalue weighted by Gasteiger charge is -2.34. The van der Waals surface area contributed by atoms with Gasteiger partial charge in [0.2, 0.25) is 5.43 Å². The molecule has 0 radical (unpaired) electrons. The standard InChI is InChI=1S/C20H25N3O4/c1-14-9-15(2)12-22(11-14)19(25)13-27-20(26)7-8-23-17-6-4-3-5-16(17)18(24)10-21-23/h3-6,10,14-15H,7-9,11-13H2,1-2H3/t14-,15-/m1/s1. The van der Waals surface area contributed by atoms with E-state index in [0.717, 1.165) is 6.42 Å². The highest BCUT2D eigenvalue weighted by molar-refractivity contribution is 5.81. The highest BCUT2D eigenvalue weighted by Crippen LogP contribution is 2.20. The number of hydrogen-bond donors (Lipinski definition) is 0. The van der Waals surface area contributed by atoms with Gasteiger partial charge in [-0.15, -0.1) is 0 Å². The van der Waals surface area contributed by atoms with Crippen molar-refractivity contribution in [2.75, 3.05) is 19.7 Å². The molecule has 1 amide bonds. The Labute approximate surface area is 157 Å². The van der Waals surface area contributed by atoms with Gasteiger partial charge < -0.3 is 9.64 Å². The molecule has 2 heterocycles. The second-order valence-electron chi connectivity index (χ2n) is 7.40. The summed E-state index contributed by atoms with van der Waals surface area (Å²) in [7, 11) is 0. The van der Waals surface area contributed by atoms with Crippen molar-refractivity contribution in [2.45, 2.75) is 33.2 Å². The predicted molar refractivity (Wildman–Crippen MR) is 101 cm³/mol. The third-order valence-electron chi connectivity index (χ3n) is 4.87. The van der Waals surface area contributed by atoms with E-state index in [1.807, 2.05) is 6.07 Å². The molecule has 1 saturated heterocycles. The maximum absolute atomic E-state index is 12.3. The minimum absolute atomic E-state index is 0.0833. The molecule has 0 aliphatic carbocycles. The zero-order valence-corrected chi connectivity index (χ0v) is 15.8. The van der Waals surface area contributed by atoms with Crippen LogP contribution in [0.4, 0.5) is 0 Å². The third kappa shape index (κ3) is 4.72. The SMILES string of the molecule is C[C@@H]1C[C@@H](C)CN(C(=O)COC(=O)CCn2ncc(=O)c3ccccc32)C1. The number of nitrogens with zero attached hydrogens (tertiary/aromatic N) is 3. The van der Waals surface area contributed by atoms with Gasteiger partial charge in [-0.05, 0) is 30.4 Å². The molecule has 0 unspecified atom stereocenters. The van der Waals surface area contributed by atoms with Gasteiger partial charge in [-0.2, -0.15) is 5.10 Å². The summed E-state index contributed by atoms with van der Waals surface area (Å²) >= 11 is 0. The maximum Gasteiger partial charge on any atom is 0.308 e. The van der Waals surface area contributed by atoms with Gasteiger partial charge in [-0.3, -0.25) is 19.1 Å². The summed E-state index contributed by atoms with van der Waals surface area (Å²) in [6.07, 6.45) is 2.44. The minimum Gasteiger partial charge on any atom is -0.456 e. The van der Waals surface area contributed by atoms with Gasteiger partial charge in [0, 0.05) is 18.5 Å². The van der Waals surface area contributed by atoms with Crippen LogP contribution in [0.2, 0.25) is 0 Å². The Kier molecular flexibility index (Phi) is 5.88. The Morgan fingerprint density at radius 3 is 2.63 bits per heavy atom. The lowest BCUT2D eigenvalue weighted by molar-refractivity contribution is -0.153. The number of piperidine rings is 1. The van der Waals surface area contributed by atoms with Crippen molar-refractivity contribution in [2.24, 2.45) is 11.8 Å². The van der Waals surface area contributed by atoms with E-state index in [9.17, 15) is 14.4 Å². The Balaban J connectivity index is 1.53. The number of para-hydroxylation sites is 1. The number of aryl methyl sites for hydroxylation is 1. The first kappa shape index (κ1) is 19.1. The van der Waals surface area contributed by atoms with Crippen molar-refractivity contribution in [3.05, 3.63) is 40.7 Å². The van der Waals surface area contributed by atoms with Gasteiger partial charge in [-0.1, -0.05) is 26.0 Å². The van der Waals surface area contributed by atoms with Crippen molar-refractivity contribution in [1.29, 1.82) is 0 Å². The van der Waals surface area contributed by atoms with Crippen LogP contribution in [0.25, 0.3) is 10.9 Å². The van der Waals surface area contributed by atoms with Crippen LogP contribution in [0.3, 0.4) is 0 Å². The summed E-state index contributed by atoms with van der Waals surface area (Å²) in [5.74, 6) is 0.334. The number of likely N-dealkylation sites (tertiary alicyclic amines) is 1. The van der Waals surface area contributed by atoms with E-state index in [2.05, 4.69) is 18.9 Å². The fraction of sp³-hybridized carbons (Fsp3) is 0.500. The van der Waals surface area contributed by atoms with E-state index >= 15 is 0 Å². The summed E-state index contributed by atoms with van der Waals surface area (Å²) in [4.78, 5) is 37.9. The molecule has 1 aromatic carbocycles. The number of carbonyl (C=O) groups excluding carboxylic acids is 2. The van der Waals surface area contributed by atoms with Crippen LogP contribution in [0.15, 0.2) is 35.3 Å². The van der Waals surface area contributed by atoms with Crippen molar-refractivity contribution in [3.8, 4) is 0 Å². The summed E-state index contributed by atoms with van der Waals surface area (Å²) in [6, 6.07) is 7.12. The van der Waals surface area contributed by atoms with Gasteiger partial charge in [0.15, 0.2) is 6.61 Å². The molecule has 2 aromatic rings. The van der Waals surface area contributed by atoms with Crippen LogP contribution >= 0.6 is 0 Å². The summed E-state index contributed by atoms with van der Waals surface area (Å²) in [5, 5.41) is 4.64. The first-order chi connectivity index (χ1) is 12.9. The van der Waals surface area contributed by atoms with Crippen LogP contribution in [0, 0.1) is 11.8 Å². The zero-order valence-electron chi connectivity index (χ0n) is 15.8. The predicted octanol–water partition coefficient (Wildman–Crippen LogP) is 1.83. The largest absolute Gasteiger partial charge is 0.456 e. The Bertz CT molecular complexity index is 882. The lowest BCUT2D eigenvalue weighted by Crippen LogP contribution is -2.44. The van der Waals surface area contributed by atoms with E-state index in [1.165, 1.54) is 6.20 Å². The second-order valence-corrected chi connectivity index (χ2v) is 7.40. The quantitative estimate of drug-likeness (QED) is 0.749. The molecule has 27 heavy (non-hydrogen) atoms. The van der Waals surface area contributed by atoms with E-state index in [0.29, 0.717) is 35.8 Å². The number of fused-ring (bicyclic) bond motifs is 1. The van der Waals surface area contributed by atoms with E-state index in [-0.39, 0.29) is 30.9 Å². The molecule has 1 fully saturated rings. The molecule has 1 aliphatic heterocycles. The van der Waals surface area contributed by atoms with Crippen LogP contribution in [-0.2, 0) is 20.9 Å². The molecule has 7 nitrogen and oxygen atoms in total. The highest BCUT2D eigenvalue weighted by atomic mass is 16.5. The average Bonchev–Trinajstić information content (AvgIpc) is 2.65. The van der Waals surface area contributed by atoms with Gasteiger partial charge >= 0.3 is 5.97 Å². The van der Waals surface area contributed by atoms with Crippen LogP contribution in [0.1, 0.15) is 26.7 Å². The molecule has 1 aliphatic rings. The van der Waals surface area contributed by atoms with Crippen molar-refractivity contribution >= 4 is 22.8 Å². The molecule has 144 valence electrons. The Hall–Kier alpha value is -2.70. The highest BCUT2D eigenvalue weighted by Gasteiger charge is 2.25. The van der Waals surface area contributed by atoms with Crippen molar-refractivity contribution < 1.29 is 14.3 Å². The van der Waals surface area contributed by atoms with E-state index < -0.39 is 5.97 Å². The van der Waals surface area contributed by atoms with Gasteiger partial charge in [0.05, 0.1) is 24.7 Å². The summed E-state index contributed by atoms with van der Waals surface area (Å²) < 4.78 is 6.76. The molecule has 0 N–H and O–H groups in total. The maximum atomic E-state index is 12.3. The molecule has 0 saturated carbocycles. The van der Waals surface area contributed by atoms with Gasteiger partial charge in [0.1, 0.15) is 0 Å². The lowest BCUT2D eigenvalue weighted by atomic mass is 9.92. The number of amides is 1.